The first-order valence-electron chi connectivity index (χ1n) is 6.13. The van der Waals surface area contributed by atoms with E-state index in [-0.39, 0.29) is 18.6 Å². The molecule has 0 saturated heterocycles. The molecule has 0 aliphatic carbocycles. The van der Waals surface area contributed by atoms with E-state index in [1.807, 2.05) is 35.0 Å². The van der Waals surface area contributed by atoms with Gasteiger partial charge in [0.1, 0.15) is 13.2 Å². The van der Waals surface area contributed by atoms with Gasteiger partial charge in [-0.3, -0.25) is 4.57 Å². The highest BCUT2D eigenvalue weighted by Crippen LogP contribution is 2.49. The molecule has 0 heterocycles. The van der Waals surface area contributed by atoms with Crippen molar-refractivity contribution in [1.82, 2.24) is 3.94 Å². The van der Waals surface area contributed by atoms with Crippen LogP contribution in [0.3, 0.4) is 0 Å². The van der Waals surface area contributed by atoms with Crippen molar-refractivity contribution < 1.29 is 30.5 Å². The Morgan fingerprint density at radius 1 is 1.25 bits per heavy atom. The molecule has 0 aliphatic rings. The minimum absolute atomic E-state index is 0. The SMILES string of the molecule is COP(=O)(CCC(C)(C)N(Cl)Cl)OCC[N+](C)(C)C.[Cl-]. The van der Waals surface area contributed by atoms with Crippen LogP contribution in [0, 0.1) is 0 Å². The standard InChI is InChI=1S/C11H26Cl2N2O3P.ClH/c1-11(2,14(12)13)7-10-19(16,17-6)18-9-8-15(3,4)5;/h7-10H2,1-6H3;1H/q+1;/p-1. The molecule has 1 atom stereocenters. The van der Waals surface area contributed by atoms with Crippen LogP contribution in [-0.4, -0.2) is 61.5 Å². The molecule has 0 saturated carbocycles. The molecule has 124 valence electrons. The van der Waals surface area contributed by atoms with E-state index in [9.17, 15) is 4.57 Å². The average Bonchev–Trinajstić information content (AvgIpc) is 2.24. The van der Waals surface area contributed by atoms with Crippen LogP contribution in [-0.2, 0) is 13.6 Å². The van der Waals surface area contributed by atoms with Crippen molar-refractivity contribution in [2.24, 2.45) is 0 Å². The minimum atomic E-state index is -3.08. The zero-order valence-electron chi connectivity index (χ0n) is 13.0. The van der Waals surface area contributed by atoms with Crippen LogP contribution in [0.2, 0.25) is 0 Å². The summed E-state index contributed by atoms with van der Waals surface area (Å²) in [7, 11) is 4.46. The molecule has 0 aromatic rings. The third kappa shape index (κ3) is 9.80. The second-order valence-electron chi connectivity index (χ2n) is 6.16. The summed E-state index contributed by atoms with van der Waals surface area (Å²) in [5, 5.41) is 0. The molecule has 1 unspecified atom stereocenters. The van der Waals surface area contributed by atoms with Crippen molar-refractivity contribution in [3.8, 4) is 0 Å². The van der Waals surface area contributed by atoms with Gasteiger partial charge in [-0.1, -0.05) is 0 Å². The third-order valence-electron chi connectivity index (χ3n) is 2.78. The molecule has 0 N–H and O–H groups in total. The first-order chi connectivity index (χ1) is 8.42. The van der Waals surface area contributed by atoms with Gasteiger partial charge in [0.25, 0.3) is 0 Å². The highest BCUT2D eigenvalue weighted by Gasteiger charge is 2.31. The molecule has 20 heavy (non-hydrogen) atoms. The molecule has 9 heteroatoms. The number of hydrogen-bond donors (Lipinski definition) is 0. The zero-order valence-corrected chi connectivity index (χ0v) is 16.2. The molecule has 0 amide bonds. The lowest BCUT2D eigenvalue weighted by atomic mass is 10.0. The second-order valence-corrected chi connectivity index (χ2v) is 9.30. The van der Waals surface area contributed by atoms with Crippen LogP contribution < -0.4 is 12.4 Å². The van der Waals surface area contributed by atoms with Crippen LogP contribution in [0.25, 0.3) is 0 Å². The van der Waals surface area contributed by atoms with Crippen LogP contribution in [0.1, 0.15) is 20.3 Å². The van der Waals surface area contributed by atoms with E-state index in [4.69, 9.17) is 32.6 Å². The Kier molecular flexibility index (Phi) is 10.6. The summed E-state index contributed by atoms with van der Waals surface area (Å²) in [6, 6.07) is 0. The maximum absolute atomic E-state index is 12.4. The Morgan fingerprint density at radius 2 is 1.75 bits per heavy atom. The zero-order chi connectivity index (χ0) is 15.3. The number of likely N-dealkylation sites (N-methyl/N-ethyl adjacent to an activating group) is 1. The van der Waals surface area contributed by atoms with Crippen molar-refractivity contribution in [3.05, 3.63) is 0 Å². The Balaban J connectivity index is 0. The average molecular weight is 372 g/mol. The van der Waals surface area contributed by atoms with Crippen LogP contribution >= 0.6 is 31.1 Å². The number of rotatable bonds is 9. The molecule has 0 aromatic heterocycles. The normalized spacial score (nSPS) is 15.8. The molecule has 0 radical (unpaired) electrons. The Hall–Kier alpha value is 0.940. The summed E-state index contributed by atoms with van der Waals surface area (Å²) in [6.45, 7) is 4.87. The predicted octanol–water partition coefficient (Wildman–Crippen LogP) is 0.331. The quantitative estimate of drug-likeness (QED) is 0.333. The fourth-order valence-electron chi connectivity index (χ4n) is 1.16. The van der Waals surface area contributed by atoms with Crippen molar-refractivity contribution in [2.75, 3.05) is 47.6 Å². The molecule has 0 bridgehead atoms. The van der Waals surface area contributed by atoms with Gasteiger partial charge >= 0.3 is 7.60 Å². The lowest BCUT2D eigenvalue weighted by Crippen LogP contribution is -3.00. The van der Waals surface area contributed by atoms with Gasteiger partial charge in [-0.05, 0) is 43.8 Å². The van der Waals surface area contributed by atoms with Gasteiger partial charge < -0.3 is 25.9 Å². The molecule has 0 aliphatic heterocycles. The molecular formula is C11H26Cl3N2O3P. The first-order valence-corrected chi connectivity index (χ1v) is 8.54. The number of nitrogens with zero attached hydrogens (tertiary/aromatic N) is 2. The van der Waals surface area contributed by atoms with Gasteiger partial charge in [0, 0.05) is 12.6 Å². The smallest absolute Gasteiger partial charge is 0.330 e. The van der Waals surface area contributed by atoms with Crippen LogP contribution in [0.15, 0.2) is 0 Å². The molecule has 0 fully saturated rings. The number of hydrogen-bond acceptors (Lipinski definition) is 4. The molecule has 5 nitrogen and oxygen atoms in total. The van der Waals surface area contributed by atoms with E-state index >= 15 is 0 Å². The fraction of sp³-hybridized carbons (Fsp3) is 1.00. The summed E-state index contributed by atoms with van der Waals surface area (Å²) >= 11 is 11.5. The van der Waals surface area contributed by atoms with E-state index in [2.05, 4.69) is 0 Å². The lowest BCUT2D eigenvalue weighted by molar-refractivity contribution is -0.870. The molecule has 0 aromatic carbocycles. The van der Waals surface area contributed by atoms with Crippen molar-refractivity contribution >= 4 is 31.1 Å². The van der Waals surface area contributed by atoms with E-state index in [0.29, 0.717) is 13.0 Å². The summed E-state index contributed by atoms with van der Waals surface area (Å²) in [4.78, 5) is 0. The molecular weight excluding hydrogens is 345 g/mol. The lowest BCUT2D eigenvalue weighted by Gasteiger charge is -2.29. The Labute approximate surface area is 139 Å². The van der Waals surface area contributed by atoms with E-state index in [0.717, 1.165) is 15.0 Å². The fourth-order valence-corrected chi connectivity index (χ4v) is 2.92. The van der Waals surface area contributed by atoms with E-state index < -0.39 is 13.1 Å². The number of halogens is 3. The van der Waals surface area contributed by atoms with Gasteiger partial charge in [-0.15, -0.1) is 3.94 Å². The second kappa shape index (κ2) is 9.16. The monoisotopic (exact) mass is 370 g/mol. The largest absolute Gasteiger partial charge is 1.00 e. The van der Waals surface area contributed by atoms with Gasteiger partial charge in [-0.2, -0.15) is 0 Å². The first kappa shape index (κ1) is 23.2. The van der Waals surface area contributed by atoms with Crippen molar-refractivity contribution in [2.45, 2.75) is 25.8 Å². The maximum atomic E-state index is 12.4. The van der Waals surface area contributed by atoms with Crippen molar-refractivity contribution in [3.63, 3.8) is 0 Å². The third-order valence-corrected chi connectivity index (χ3v) is 5.60. The number of quaternary nitrogens is 1. The van der Waals surface area contributed by atoms with E-state index in [1.54, 1.807) is 0 Å². The Morgan fingerprint density at radius 3 is 2.10 bits per heavy atom. The Bertz CT molecular complexity index is 323. The molecule has 0 rings (SSSR count). The summed E-state index contributed by atoms with van der Waals surface area (Å²) in [5.41, 5.74) is -0.485. The summed E-state index contributed by atoms with van der Waals surface area (Å²) in [6.07, 6.45) is 0.791. The van der Waals surface area contributed by atoms with Crippen molar-refractivity contribution in [1.29, 1.82) is 0 Å². The van der Waals surface area contributed by atoms with Gasteiger partial charge in [-0.25, -0.2) is 0 Å². The van der Waals surface area contributed by atoms with Crippen LogP contribution in [0.4, 0.5) is 0 Å². The van der Waals surface area contributed by atoms with E-state index in [1.165, 1.54) is 7.11 Å². The van der Waals surface area contributed by atoms with Gasteiger partial charge in [0.05, 0.1) is 27.3 Å². The maximum Gasteiger partial charge on any atom is 0.330 e. The van der Waals surface area contributed by atoms with Gasteiger partial charge in [0.15, 0.2) is 0 Å². The minimum Gasteiger partial charge on any atom is -1.00 e. The highest BCUT2D eigenvalue weighted by atomic mass is 35.5. The summed E-state index contributed by atoms with van der Waals surface area (Å²) in [5.74, 6) is 0. The topological polar surface area (TPSA) is 38.8 Å². The van der Waals surface area contributed by atoms with Gasteiger partial charge in [0.2, 0.25) is 0 Å². The molecule has 0 spiro atoms. The predicted molar refractivity (Wildman–Crippen MR) is 80.6 cm³/mol. The summed E-state index contributed by atoms with van der Waals surface area (Å²) < 4.78 is 24.7. The van der Waals surface area contributed by atoms with Crippen LogP contribution in [0.5, 0.6) is 0 Å². The highest BCUT2D eigenvalue weighted by molar-refractivity contribution is 7.53.